The number of aryl methyl sites for hydroxylation is 3. The SMILES string of the molecule is CC.Cc1cnc2c(C)nn(C)c2n1. The molecule has 0 aliphatic heterocycles. The molecule has 0 aliphatic carbocycles. The Hall–Kier alpha value is -1.45. The Bertz CT molecular complexity index is 431. The molecule has 76 valence electrons. The van der Waals surface area contributed by atoms with Crippen molar-refractivity contribution in [2.24, 2.45) is 7.05 Å². The second-order valence-electron chi connectivity index (χ2n) is 2.89. The summed E-state index contributed by atoms with van der Waals surface area (Å²) in [5.74, 6) is 0. The summed E-state index contributed by atoms with van der Waals surface area (Å²) in [6.45, 7) is 7.86. The van der Waals surface area contributed by atoms with Crippen LogP contribution in [0, 0.1) is 13.8 Å². The topological polar surface area (TPSA) is 43.6 Å². The van der Waals surface area contributed by atoms with Gasteiger partial charge >= 0.3 is 0 Å². The molecule has 0 bridgehead atoms. The largest absolute Gasteiger partial charge is 0.249 e. The first-order valence-electron chi connectivity index (χ1n) is 4.81. The summed E-state index contributed by atoms with van der Waals surface area (Å²) in [6, 6.07) is 0. The second-order valence-corrected chi connectivity index (χ2v) is 2.89. The van der Waals surface area contributed by atoms with E-state index in [1.807, 2.05) is 34.7 Å². The molecule has 0 aromatic carbocycles. The molecule has 2 heterocycles. The highest BCUT2D eigenvalue weighted by Crippen LogP contribution is 2.11. The fraction of sp³-hybridized carbons (Fsp3) is 0.500. The van der Waals surface area contributed by atoms with E-state index in [2.05, 4.69) is 15.1 Å². The van der Waals surface area contributed by atoms with Crippen LogP contribution in [-0.4, -0.2) is 19.7 Å². The molecule has 0 amide bonds. The van der Waals surface area contributed by atoms with E-state index in [1.54, 1.807) is 10.9 Å². The highest BCUT2D eigenvalue weighted by molar-refractivity contribution is 5.72. The highest BCUT2D eigenvalue weighted by Gasteiger charge is 2.06. The molecule has 0 N–H and O–H groups in total. The molecule has 2 rings (SSSR count). The van der Waals surface area contributed by atoms with Crippen molar-refractivity contribution >= 4 is 11.2 Å². The first-order chi connectivity index (χ1) is 6.68. The number of rotatable bonds is 0. The molecular formula is C10H16N4. The van der Waals surface area contributed by atoms with Crippen molar-refractivity contribution in [2.75, 3.05) is 0 Å². The van der Waals surface area contributed by atoms with Gasteiger partial charge in [0, 0.05) is 13.2 Å². The molecule has 2 aromatic rings. The summed E-state index contributed by atoms with van der Waals surface area (Å²) >= 11 is 0. The molecule has 0 radical (unpaired) electrons. The van der Waals surface area contributed by atoms with Gasteiger partial charge in [-0.15, -0.1) is 0 Å². The van der Waals surface area contributed by atoms with Crippen molar-refractivity contribution in [3.63, 3.8) is 0 Å². The molecular weight excluding hydrogens is 176 g/mol. The van der Waals surface area contributed by atoms with Crippen LogP contribution in [0.4, 0.5) is 0 Å². The fourth-order valence-electron chi connectivity index (χ4n) is 1.27. The van der Waals surface area contributed by atoms with Crippen LogP contribution in [0.15, 0.2) is 6.20 Å². The van der Waals surface area contributed by atoms with Gasteiger partial charge in [0.05, 0.1) is 11.4 Å². The molecule has 0 spiro atoms. The number of fused-ring (bicyclic) bond motifs is 1. The summed E-state index contributed by atoms with van der Waals surface area (Å²) < 4.78 is 1.75. The number of aromatic nitrogens is 4. The average Bonchev–Trinajstić information content (AvgIpc) is 2.46. The lowest BCUT2D eigenvalue weighted by molar-refractivity contribution is 0.772. The summed E-state index contributed by atoms with van der Waals surface area (Å²) in [4.78, 5) is 8.59. The quantitative estimate of drug-likeness (QED) is 0.641. The number of hydrogen-bond donors (Lipinski definition) is 0. The van der Waals surface area contributed by atoms with Crippen LogP contribution < -0.4 is 0 Å². The van der Waals surface area contributed by atoms with Gasteiger partial charge in [0.1, 0.15) is 5.52 Å². The minimum atomic E-state index is 0.854. The Morgan fingerprint density at radius 2 is 1.86 bits per heavy atom. The fourth-order valence-corrected chi connectivity index (χ4v) is 1.27. The minimum absolute atomic E-state index is 0.854. The van der Waals surface area contributed by atoms with Gasteiger partial charge in [-0.3, -0.25) is 0 Å². The van der Waals surface area contributed by atoms with Crippen LogP contribution in [0.1, 0.15) is 25.2 Å². The Morgan fingerprint density at radius 1 is 1.21 bits per heavy atom. The molecule has 2 aromatic heterocycles. The normalized spacial score (nSPS) is 9.79. The maximum Gasteiger partial charge on any atom is 0.177 e. The van der Waals surface area contributed by atoms with Gasteiger partial charge in [-0.2, -0.15) is 5.10 Å². The lowest BCUT2D eigenvalue weighted by Crippen LogP contribution is -1.93. The Labute approximate surface area is 84.0 Å². The van der Waals surface area contributed by atoms with E-state index in [1.165, 1.54) is 0 Å². The van der Waals surface area contributed by atoms with E-state index < -0.39 is 0 Å². The van der Waals surface area contributed by atoms with Crippen molar-refractivity contribution < 1.29 is 0 Å². The van der Waals surface area contributed by atoms with Crippen LogP contribution >= 0.6 is 0 Å². The molecule has 0 atom stereocenters. The molecule has 0 fully saturated rings. The zero-order valence-electron chi connectivity index (χ0n) is 9.37. The third-order valence-electron chi connectivity index (χ3n) is 1.82. The molecule has 0 saturated carbocycles. The highest BCUT2D eigenvalue weighted by atomic mass is 15.3. The van der Waals surface area contributed by atoms with E-state index in [4.69, 9.17) is 0 Å². The monoisotopic (exact) mass is 192 g/mol. The molecule has 0 unspecified atom stereocenters. The van der Waals surface area contributed by atoms with Gasteiger partial charge in [0.2, 0.25) is 0 Å². The number of nitrogens with zero attached hydrogens (tertiary/aromatic N) is 4. The van der Waals surface area contributed by atoms with Crippen molar-refractivity contribution in [3.05, 3.63) is 17.6 Å². The first kappa shape index (κ1) is 10.6. The molecule has 0 saturated heterocycles. The lowest BCUT2D eigenvalue weighted by atomic mass is 10.4. The summed E-state index contributed by atoms with van der Waals surface area (Å²) in [6.07, 6.45) is 1.76. The molecule has 4 nitrogen and oxygen atoms in total. The maximum absolute atomic E-state index is 4.33. The van der Waals surface area contributed by atoms with Crippen molar-refractivity contribution in [3.8, 4) is 0 Å². The van der Waals surface area contributed by atoms with E-state index in [0.29, 0.717) is 0 Å². The third-order valence-corrected chi connectivity index (χ3v) is 1.82. The van der Waals surface area contributed by atoms with Gasteiger partial charge in [-0.25, -0.2) is 14.6 Å². The van der Waals surface area contributed by atoms with Crippen LogP contribution in [0.25, 0.3) is 11.2 Å². The Balaban J connectivity index is 0.000000461. The predicted molar refractivity (Wildman–Crippen MR) is 57.1 cm³/mol. The van der Waals surface area contributed by atoms with Crippen molar-refractivity contribution in [1.29, 1.82) is 0 Å². The Morgan fingerprint density at radius 3 is 2.50 bits per heavy atom. The van der Waals surface area contributed by atoms with Crippen molar-refractivity contribution in [2.45, 2.75) is 27.7 Å². The standard InChI is InChI=1S/C8H10N4.C2H6/c1-5-4-9-7-6(2)11-12(3)8(7)10-5;1-2/h4H,1-3H3;1-2H3. The van der Waals surface area contributed by atoms with Crippen LogP contribution in [0.2, 0.25) is 0 Å². The molecule has 0 aliphatic rings. The average molecular weight is 192 g/mol. The van der Waals surface area contributed by atoms with Crippen molar-refractivity contribution in [1.82, 2.24) is 19.7 Å². The maximum atomic E-state index is 4.33. The van der Waals surface area contributed by atoms with E-state index in [0.717, 1.165) is 22.6 Å². The summed E-state index contributed by atoms with van der Waals surface area (Å²) in [5.41, 5.74) is 3.60. The van der Waals surface area contributed by atoms with Crippen LogP contribution in [0.5, 0.6) is 0 Å². The zero-order chi connectivity index (χ0) is 10.7. The van der Waals surface area contributed by atoms with Gasteiger partial charge in [-0.1, -0.05) is 13.8 Å². The van der Waals surface area contributed by atoms with Gasteiger partial charge in [0.15, 0.2) is 5.65 Å². The second kappa shape index (κ2) is 4.17. The smallest absolute Gasteiger partial charge is 0.177 e. The van der Waals surface area contributed by atoms with E-state index in [9.17, 15) is 0 Å². The first-order valence-corrected chi connectivity index (χ1v) is 4.81. The molecule has 14 heavy (non-hydrogen) atoms. The Kier molecular flexibility index (Phi) is 3.17. The van der Waals surface area contributed by atoms with E-state index in [-0.39, 0.29) is 0 Å². The van der Waals surface area contributed by atoms with Gasteiger partial charge < -0.3 is 0 Å². The molecule has 4 heteroatoms. The predicted octanol–water partition coefficient (Wildman–Crippen LogP) is 2.01. The zero-order valence-corrected chi connectivity index (χ0v) is 9.37. The summed E-state index contributed by atoms with van der Waals surface area (Å²) in [5, 5.41) is 4.22. The third kappa shape index (κ3) is 1.73. The minimum Gasteiger partial charge on any atom is -0.249 e. The van der Waals surface area contributed by atoms with Gasteiger partial charge in [-0.05, 0) is 13.8 Å². The summed E-state index contributed by atoms with van der Waals surface area (Å²) in [7, 11) is 1.88. The van der Waals surface area contributed by atoms with E-state index >= 15 is 0 Å². The lowest BCUT2D eigenvalue weighted by Gasteiger charge is -1.93. The number of hydrogen-bond acceptors (Lipinski definition) is 3. The van der Waals surface area contributed by atoms with Crippen LogP contribution in [-0.2, 0) is 7.05 Å². The van der Waals surface area contributed by atoms with Gasteiger partial charge in [0.25, 0.3) is 0 Å². The van der Waals surface area contributed by atoms with Crippen LogP contribution in [0.3, 0.4) is 0 Å².